The zero-order valence-corrected chi connectivity index (χ0v) is 11.5. The maximum absolute atomic E-state index is 12.7. The molecule has 1 aromatic heterocycles. The molecule has 1 unspecified atom stereocenters. The molecule has 0 spiro atoms. The lowest BCUT2D eigenvalue weighted by atomic mass is 10.1. The van der Waals surface area contributed by atoms with Crippen molar-refractivity contribution < 1.29 is 13.2 Å². The second kappa shape index (κ2) is 5.28. The van der Waals surface area contributed by atoms with Crippen LogP contribution in [0.3, 0.4) is 0 Å². The number of aromatic amines is 1. The third-order valence-electron chi connectivity index (χ3n) is 3.87. The Morgan fingerprint density at radius 3 is 2.68 bits per heavy atom. The fraction of sp³-hybridized carbons (Fsp3) is 0.429. The SMILES string of the molecule is O=c1[nH]c2cc(C(F)(F)F)ccc2c(=O)n1CC1CCCN1. The van der Waals surface area contributed by atoms with Gasteiger partial charge in [-0.15, -0.1) is 0 Å². The largest absolute Gasteiger partial charge is 0.416 e. The summed E-state index contributed by atoms with van der Waals surface area (Å²) in [6.07, 6.45) is -2.69. The van der Waals surface area contributed by atoms with Crippen molar-refractivity contribution in [2.75, 3.05) is 6.54 Å². The first-order valence-electron chi connectivity index (χ1n) is 6.94. The van der Waals surface area contributed by atoms with Gasteiger partial charge in [0.1, 0.15) is 0 Å². The Bertz CT molecular complexity index is 817. The maximum atomic E-state index is 12.7. The quantitative estimate of drug-likeness (QED) is 0.882. The molecule has 0 amide bonds. The van der Waals surface area contributed by atoms with E-state index in [2.05, 4.69) is 10.3 Å². The zero-order valence-electron chi connectivity index (χ0n) is 11.5. The van der Waals surface area contributed by atoms with Crippen LogP contribution in [0.2, 0.25) is 0 Å². The van der Waals surface area contributed by atoms with Gasteiger partial charge in [0.05, 0.1) is 16.5 Å². The van der Waals surface area contributed by atoms with Crippen molar-refractivity contribution in [3.63, 3.8) is 0 Å². The number of halogens is 3. The van der Waals surface area contributed by atoms with Gasteiger partial charge in [0.25, 0.3) is 5.56 Å². The molecule has 8 heteroatoms. The summed E-state index contributed by atoms with van der Waals surface area (Å²) in [6.45, 7) is 1.05. The molecule has 1 aromatic carbocycles. The molecule has 1 aliphatic heterocycles. The van der Waals surface area contributed by atoms with Crippen molar-refractivity contribution in [3.05, 3.63) is 44.6 Å². The molecule has 0 radical (unpaired) electrons. The number of aromatic nitrogens is 2. The van der Waals surface area contributed by atoms with Gasteiger partial charge >= 0.3 is 11.9 Å². The summed E-state index contributed by atoms with van der Waals surface area (Å²) in [4.78, 5) is 26.7. The number of nitrogens with one attached hydrogen (secondary N) is 2. The number of hydrogen-bond donors (Lipinski definition) is 2. The molecule has 0 bridgehead atoms. The van der Waals surface area contributed by atoms with Gasteiger partial charge in [-0.25, -0.2) is 4.79 Å². The van der Waals surface area contributed by atoms with Crippen LogP contribution in [0.4, 0.5) is 13.2 Å². The van der Waals surface area contributed by atoms with Crippen molar-refractivity contribution in [2.24, 2.45) is 0 Å². The van der Waals surface area contributed by atoms with Gasteiger partial charge in [-0.2, -0.15) is 13.2 Å². The highest BCUT2D eigenvalue weighted by molar-refractivity contribution is 5.78. The number of fused-ring (bicyclic) bond motifs is 1. The van der Waals surface area contributed by atoms with E-state index in [0.717, 1.165) is 42.2 Å². The number of nitrogens with zero attached hydrogens (tertiary/aromatic N) is 1. The monoisotopic (exact) mass is 313 g/mol. The van der Waals surface area contributed by atoms with Gasteiger partial charge in [0, 0.05) is 12.6 Å². The molecule has 1 fully saturated rings. The summed E-state index contributed by atoms with van der Waals surface area (Å²) in [7, 11) is 0. The Morgan fingerprint density at radius 2 is 2.05 bits per heavy atom. The molecule has 118 valence electrons. The molecule has 0 saturated carbocycles. The van der Waals surface area contributed by atoms with E-state index in [4.69, 9.17) is 0 Å². The normalized spacial score (nSPS) is 19.0. The fourth-order valence-electron chi connectivity index (χ4n) is 2.73. The first-order valence-corrected chi connectivity index (χ1v) is 6.94. The molecular formula is C14H14F3N3O2. The van der Waals surface area contributed by atoms with E-state index in [0.29, 0.717) is 0 Å². The lowest BCUT2D eigenvalue weighted by molar-refractivity contribution is -0.137. The van der Waals surface area contributed by atoms with Crippen LogP contribution in [0.15, 0.2) is 27.8 Å². The van der Waals surface area contributed by atoms with Crippen LogP contribution in [0.25, 0.3) is 10.9 Å². The van der Waals surface area contributed by atoms with Crippen LogP contribution >= 0.6 is 0 Å². The predicted octanol–water partition coefficient (Wildman–Crippen LogP) is 1.46. The Balaban J connectivity index is 2.09. The average molecular weight is 313 g/mol. The van der Waals surface area contributed by atoms with E-state index < -0.39 is 23.0 Å². The minimum absolute atomic E-state index is 0.0331. The van der Waals surface area contributed by atoms with Gasteiger partial charge in [-0.05, 0) is 37.6 Å². The van der Waals surface area contributed by atoms with Crippen molar-refractivity contribution in [1.82, 2.24) is 14.9 Å². The predicted molar refractivity (Wildman–Crippen MR) is 74.9 cm³/mol. The van der Waals surface area contributed by atoms with Crippen molar-refractivity contribution in [3.8, 4) is 0 Å². The van der Waals surface area contributed by atoms with Gasteiger partial charge < -0.3 is 10.3 Å². The lowest BCUT2D eigenvalue weighted by Crippen LogP contribution is -2.40. The van der Waals surface area contributed by atoms with Crippen LogP contribution in [0.5, 0.6) is 0 Å². The van der Waals surface area contributed by atoms with Crippen molar-refractivity contribution in [2.45, 2.75) is 31.6 Å². The molecule has 0 aliphatic carbocycles. The van der Waals surface area contributed by atoms with E-state index >= 15 is 0 Å². The molecule has 1 aliphatic rings. The smallest absolute Gasteiger partial charge is 0.312 e. The first-order chi connectivity index (χ1) is 10.4. The van der Waals surface area contributed by atoms with E-state index in [1.165, 1.54) is 0 Å². The van der Waals surface area contributed by atoms with E-state index in [1.807, 2.05) is 0 Å². The molecule has 2 heterocycles. The summed E-state index contributed by atoms with van der Waals surface area (Å²) >= 11 is 0. The third kappa shape index (κ3) is 2.66. The maximum Gasteiger partial charge on any atom is 0.416 e. The number of benzene rings is 1. The number of rotatable bonds is 2. The van der Waals surface area contributed by atoms with Crippen LogP contribution in [0, 0.1) is 0 Å². The van der Waals surface area contributed by atoms with Crippen LogP contribution in [-0.4, -0.2) is 22.1 Å². The molecule has 2 aromatic rings. The first kappa shape index (κ1) is 14.8. The molecule has 1 saturated heterocycles. The summed E-state index contributed by atoms with van der Waals surface area (Å²) in [6, 6.07) is 2.77. The number of alkyl halides is 3. The fourth-order valence-corrected chi connectivity index (χ4v) is 2.73. The molecule has 5 nitrogen and oxygen atoms in total. The highest BCUT2D eigenvalue weighted by Crippen LogP contribution is 2.30. The lowest BCUT2D eigenvalue weighted by Gasteiger charge is -2.13. The summed E-state index contributed by atoms with van der Waals surface area (Å²) in [5.74, 6) is 0. The molecule has 2 N–H and O–H groups in total. The van der Waals surface area contributed by atoms with E-state index in [9.17, 15) is 22.8 Å². The summed E-state index contributed by atoms with van der Waals surface area (Å²) < 4.78 is 39.1. The zero-order chi connectivity index (χ0) is 15.9. The van der Waals surface area contributed by atoms with Crippen molar-refractivity contribution >= 4 is 10.9 Å². The van der Waals surface area contributed by atoms with Crippen molar-refractivity contribution in [1.29, 1.82) is 0 Å². The molecule has 22 heavy (non-hydrogen) atoms. The average Bonchev–Trinajstić information content (AvgIpc) is 2.95. The van der Waals surface area contributed by atoms with Gasteiger partial charge in [0.15, 0.2) is 0 Å². The highest BCUT2D eigenvalue weighted by Gasteiger charge is 2.30. The topological polar surface area (TPSA) is 66.9 Å². The molecule has 1 atom stereocenters. The standard InChI is InChI=1S/C14H14F3N3O2/c15-14(16,17)8-3-4-10-11(6-8)19-13(22)20(12(10)21)7-9-2-1-5-18-9/h3-4,6,9,18H,1-2,5,7H2,(H,19,22). The molecule has 3 rings (SSSR count). The highest BCUT2D eigenvalue weighted by atomic mass is 19.4. The summed E-state index contributed by atoms with van der Waals surface area (Å²) in [5.41, 5.74) is -2.25. The minimum Gasteiger partial charge on any atom is -0.312 e. The second-order valence-corrected chi connectivity index (χ2v) is 5.40. The Labute approximate surface area is 122 Å². The Kier molecular flexibility index (Phi) is 3.56. The Hall–Kier alpha value is -2.09. The van der Waals surface area contributed by atoms with Gasteiger partial charge in [-0.3, -0.25) is 9.36 Å². The molecular weight excluding hydrogens is 299 g/mol. The number of hydrogen-bond acceptors (Lipinski definition) is 3. The Morgan fingerprint density at radius 1 is 1.27 bits per heavy atom. The van der Waals surface area contributed by atoms with Crippen LogP contribution in [-0.2, 0) is 12.7 Å². The van der Waals surface area contributed by atoms with E-state index in [-0.39, 0.29) is 23.5 Å². The van der Waals surface area contributed by atoms with Gasteiger partial charge in [-0.1, -0.05) is 0 Å². The van der Waals surface area contributed by atoms with E-state index in [1.54, 1.807) is 0 Å². The van der Waals surface area contributed by atoms with Gasteiger partial charge in [0.2, 0.25) is 0 Å². The van der Waals surface area contributed by atoms with Crippen LogP contribution < -0.4 is 16.6 Å². The third-order valence-corrected chi connectivity index (χ3v) is 3.87. The van der Waals surface area contributed by atoms with Crippen LogP contribution in [0.1, 0.15) is 18.4 Å². The minimum atomic E-state index is -4.52. The second-order valence-electron chi connectivity index (χ2n) is 5.40. The number of H-pyrrole nitrogens is 1. The summed E-state index contributed by atoms with van der Waals surface area (Å²) in [5, 5.41) is 3.25.